The summed E-state index contributed by atoms with van der Waals surface area (Å²) >= 11 is 0. The second kappa shape index (κ2) is 2.36. The Kier molecular flexibility index (Phi) is 1.55. The summed E-state index contributed by atoms with van der Waals surface area (Å²) < 4.78 is 1.13. The summed E-state index contributed by atoms with van der Waals surface area (Å²) in [7, 11) is 0. The zero-order chi connectivity index (χ0) is 7.56. The molecule has 0 bridgehead atoms. The topological polar surface area (TPSA) is 34.9 Å². The van der Waals surface area contributed by atoms with Crippen molar-refractivity contribution >= 4 is 5.91 Å². The van der Waals surface area contributed by atoms with E-state index in [4.69, 9.17) is 6.42 Å². The fourth-order valence-corrected chi connectivity index (χ4v) is 0.594. The number of aromatic nitrogens is 2. The molecule has 0 spiro atoms. The lowest BCUT2D eigenvalue weighted by Gasteiger charge is -1.87. The fraction of sp³-hybridized carbons (Fsp3) is 0.143. The van der Waals surface area contributed by atoms with E-state index in [-0.39, 0.29) is 0 Å². The maximum atomic E-state index is 10.7. The highest BCUT2D eigenvalue weighted by Crippen LogP contribution is 1.90. The molecule has 0 fully saturated rings. The van der Waals surface area contributed by atoms with E-state index in [0.717, 1.165) is 10.4 Å². The largest absolute Gasteiger partial charge is 0.322 e. The predicted octanol–water partition coefficient (Wildman–Crippen LogP) is 0.465. The number of carbonyl (C=O) groups excluding carboxylic acids is 1. The molecule has 10 heavy (non-hydrogen) atoms. The molecule has 1 heterocycles. The number of rotatable bonds is 0. The summed E-state index contributed by atoms with van der Waals surface area (Å²) in [6.45, 7) is 1.79. The van der Waals surface area contributed by atoms with Gasteiger partial charge in [-0.25, -0.2) is 0 Å². The van der Waals surface area contributed by atoms with Crippen LogP contribution in [0.15, 0.2) is 12.3 Å². The molecule has 0 saturated heterocycles. The van der Waals surface area contributed by atoms with Gasteiger partial charge < -0.3 is 0 Å². The first kappa shape index (κ1) is 6.56. The molecule has 0 unspecified atom stereocenters. The zero-order valence-corrected chi connectivity index (χ0v) is 5.53. The van der Waals surface area contributed by atoms with Crippen LogP contribution in [0.2, 0.25) is 0 Å². The molecule has 0 aliphatic rings. The van der Waals surface area contributed by atoms with Crippen LogP contribution in [0, 0.1) is 19.3 Å². The minimum atomic E-state index is -0.437. The maximum absolute atomic E-state index is 10.7. The van der Waals surface area contributed by atoms with E-state index in [1.54, 1.807) is 13.0 Å². The van der Waals surface area contributed by atoms with Gasteiger partial charge in [0, 0.05) is 6.20 Å². The summed E-state index contributed by atoms with van der Waals surface area (Å²) in [6, 6.07) is 1.72. The second-order valence-corrected chi connectivity index (χ2v) is 1.85. The summed E-state index contributed by atoms with van der Waals surface area (Å²) in [5.74, 6) is 1.52. The van der Waals surface area contributed by atoms with Gasteiger partial charge in [-0.05, 0) is 18.9 Å². The van der Waals surface area contributed by atoms with Gasteiger partial charge in [0.2, 0.25) is 0 Å². The van der Waals surface area contributed by atoms with E-state index in [2.05, 4.69) is 5.10 Å². The van der Waals surface area contributed by atoms with Crippen molar-refractivity contribution < 1.29 is 4.79 Å². The lowest BCUT2D eigenvalue weighted by atomic mass is 10.5. The van der Waals surface area contributed by atoms with E-state index >= 15 is 0 Å². The van der Waals surface area contributed by atoms with Crippen LogP contribution in [0.5, 0.6) is 0 Å². The third kappa shape index (κ3) is 1.06. The van der Waals surface area contributed by atoms with Gasteiger partial charge in [-0.15, -0.1) is 6.42 Å². The molecule has 3 nitrogen and oxygen atoms in total. The van der Waals surface area contributed by atoms with Crippen LogP contribution in [0.25, 0.3) is 0 Å². The minimum absolute atomic E-state index is 0.437. The smallest absolute Gasteiger partial charge is 0.257 e. The van der Waals surface area contributed by atoms with Crippen molar-refractivity contribution in [1.29, 1.82) is 0 Å². The monoisotopic (exact) mass is 134 g/mol. The average Bonchev–Trinajstić information content (AvgIpc) is 2.34. The standard InChI is InChI=1S/C7H6N2O/c1-3-7(10)9-5-4-6(2)8-9/h1,4-5H,2H3. The fourth-order valence-electron chi connectivity index (χ4n) is 0.594. The number of aryl methyl sites for hydroxylation is 1. The summed E-state index contributed by atoms with van der Waals surface area (Å²) in [5.41, 5.74) is 0.781. The molecule has 50 valence electrons. The van der Waals surface area contributed by atoms with Gasteiger partial charge in [0.25, 0.3) is 0 Å². The van der Waals surface area contributed by atoms with E-state index in [1.807, 2.05) is 5.92 Å². The molecule has 0 N–H and O–H groups in total. The van der Waals surface area contributed by atoms with Gasteiger partial charge in [0.1, 0.15) is 0 Å². The molecule has 3 heteroatoms. The van der Waals surface area contributed by atoms with Gasteiger partial charge in [-0.3, -0.25) is 4.79 Å². The zero-order valence-electron chi connectivity index (χ0n) is 5.53. The first-order valence-corrected chi connectivity index (χ1v) is 2.77. The number of hydrogen-bond acceptors (Lipinski definition) is 2. The Morgan fingerprint density at radius 3 is 3.00 bits per heavy atom. The molecule has 0 aliphatic heterocycles. The normalized spacial score (nSPS) is 8.80. The van der Waals surface area contributed by atoms with E-state index < -0.39 is 5.91 Å². The Morgan fingerprint density at radius 2 is 2.60 bits per heavy atom. The van der Waals surface area contributed by atoms with Crippen molar-refractivity contribution in [3.05, 3.63) is 18.0 Å². The van der Waals surface area contributed by atoms with Crippen LogP contribution < -0.4 is 0 Å². The van der Waals surface area contributed by atoms with E-state index in [1.165, 1.54) is 6.20 Å². The first-order chi connectivity index (χ1) is 4.74. The van der Waals surface area contributed by atoms with Crippen molar-refractivity contribution in [2.24, 2.45) is 0 Å². The average molecular weight is 134 g/mol. The SMILES string of the molecule is C#CC(=O)n1ccc(C)n1. The van der Waals surface area contributed by atoms with Crippen molar-refractivity contribution in [3.8, 4) is 12.3 Å². The molecule has 0 aliphatic carbocycles. The molecular formula is C7H6N2O. The third-order valence-electron chi connectivity index (χ3n) is 1.05. The Labute approximate surface area is 58.7 Å². The van der Waals surface area contributed by atoms with Crippen molar-refractivity contribution in [2.45, 2.75) is 6.92 Å². The van der Waals surface area contributed by atoms with Gasteiger partial charge in [0.15, 0.2) is 0 Å². The Bertz CT molecular complexity index is 293. The Morgan fingerprint density at radius 1 is 1.90 bits per heavy atom. The lowest BCUT2D eigenvalue weighted by Crippen LogP contribution is -2.07. The van der Waals surface area contributed by atoms with Gasteiger partial charge in [0.05, 0.1) is 5.69 Å². The molecule has 0 radical (unpaired) electrons. The Balaban J connectivity index is 2.98. The van der Waals surface area contributed by atoms with Crippen LogP contribution in [-0.4, -0.2) is 15.7 Å². The number of terminal acetylenes is 1. The third-order valence-corrected chi connectivity index (χ3v) is 1.05. The van der Waals surface area contributed by atoms with Crippen LogP contribution >= 0.6 is 0 Å². The highest BCUT2D eigenvalue weighted by molar-refractivity contribution is 5.94. The highest BCUT2D eigenvalue weighted by atomic mass is 16.2. The van der Waals surface area contributed by atoms with Crippen LogP contribution in [0.4, 0.5) is 0 Å². The quantitative estimate of drug-likeness (QED) is 0.483. The first-order valence-electron chi connectivity index (χ1n) is 2.77. The molecule has 1 aromatic heterocycles. The van der Waals surface area contributed by atoms with Gasteiger partial charge in [-0.2, -0.15) is 9.78 Å². The maximum Gasteiger partial charge on any atom is 0.322 e. The van der Waals surface area contributed by atoms with Crippen LogP contribution in [0.1, 0.15) is 10.5 Å². The van der Waals surface area contributed by atoms with Crippen molar-refractivity contribution in [3.63, 3.8) is 0 Å². The van der Waals surface area contributed by atoms with Gasteiger partial charge >= 0.3 is 5.91 Å². The molecule has 1 rings (SSSR count). The van der Waals surface area contributed by atoms with Crippen LogP contribution in [0.3, 0.4) is 0 Å². The molecule has 0 aromatic carbocycles. The second-order valence-electron chi connectivity index (χ2n) is 1.85. The lowest BCUT2D eigenvalue weighted by molar-refractivity contribution is 0.0965. The minimum Gasteiger partial charge on any atom is -0.257 e. The molecule has 1 aromatic rings. The summed E-state index contributed by atoms with van der Waals surface area (Å²) in [4.78, 5) is 10.7. The van der Waals surface area contributed by atoms with Crippen molar-refractivity contribution in [1.82, 2.24) is 9.78 Å². The number of carbonyl (C=O) groups is 1. The van der Waals surface area contributed by atoms with Gasteiger partial charge in [-0.1, -0.05) is 0 Å². The predicted molar refractivity (Wildman–Crippen MR) is 36.4 cm³/mol. The summed E-state index contributed by atoms with van der Waals surface area (Å²) in [5, 5.41) is 3.81. The molecule has 0 atom stereocenters. The molecule has 0 saturated carbocycles. The van der Waals surface area contributed by atoms with E-state index in [0.29, 0.717) is 0 Å². The summed E-state index contributed by atoms with van der Waals surface area (Å²) in [6.07, 6.45) is 6.39. The van der Waals surface area contributed by atoms with E-state index in [9.17, 15) is 4.79 Å². The molecular weight excluding hydrogens is 128 g/mol. The number of hydrogen-bond donors (Lipinski definition) is 0. The van der Waals surface area contributed by atoms with Crippen molar-refractivity contribution in [2.75, 3.05) is 0 Å². The molecule has 0 amide bonds. The Hall–Kier alpha value is -1.56. The highest BCUT2D eigenvalue weighted by Gasteiger charge is 1.98. The number of nitrogens with zero attached hydrogens (tertiary/aromatic N) is 2. The van der Waals surface area contributed by atoms with Crippen LogP contribution in [-0.2, 0) is 0 Å².